The number of nitro groups is 2. The highest BCUT2D eigenvalue weighted by molar-refractivity contribution is 5.49. The first kappa shape index (κ1) is 13.4. The van der Waals surface area contributed by atoms with Gasteiger partial charge in [0.05, 0.1) is 22.0 Å². The predicted molar refractivity (Wildman–Crippen MR) is 65.7 cm³/mol. The van der Waals surface area contributed by atoms with E-state index in [9.17, 15) is 25.3 Å². The maximum Gasteiger partial charge on any atom is 0.280 e. The van der Waals surface area contributed by atoms with Gasteiger partial charge in [-0.05, 0) is 12.5 Å². The van der Waals surface area contributed by atoms with Crippen molar-refractivity contribution in [3.05, 3.63) is 44.0 Å². The fourth-order valence-electron chi connectivity index (χ4n) is 2.17. The quantitative estimate of drug-likeness (QED) is 0.645. The van der Waals surface area contributed by atoms with Gasteiger partial charge in [-0.2, -0.15) is 0 Å². The van der Waals surface area contributed by atoms with Crippen LogP contribution in [0.4, 0.5) is 11.4 Å². The maximum atomic E-state index is 10.9. The number of nitrogens with zero attached hydrogens (tertiary/aromatic N) is 3. The summed E-state index contributed by atoms with van der Waals surface area (Å²) >= 11 is 0. The minimum Gasteiger partial charge on any atom is -0.392 e. The number of non-ortho nitro benzene ring substituents is 1. The van der Waals surface area contributed by atoms with Crippen molar-refractivity contribution in [2.45, 2.75) is 19.1 Å². The molecule has 102 valence electrons. The van der Waals surface area contributed by atoms with Crippen LogP contribution >= 0.6 is 0 Å². The molecular formula is C11H13N3O5. The first-order valence-corrected chi connectivity index (χ1v) is 5.79. The van der Waals surface area contributed by atoms with E-state index in [0.717, 1.165) is 6.07 Å². The first-order chi connectivity index (χ1) is 8.97. The molecule has 0 bridgehead atoms. The van der Waals surface area contributed by atoms with E-state index in [4.69, 9.17) is 0 Å². The normalized spacial score (nSPS) is 19.5. The molecular weight excluding hydrogens is 254 g/mol. The van der Waals surface area contributed by atoms with Crippen LogP contribution in [0.3, 0.4) is 0 Å². The molecule has 0 spiro atoms. The molecule has 0 radical (unpaired) electrons. The Kier molecular flexibility index (Phi) is 3.72. The Morgan fingerprint density at radius 1 is 1.32 bits per heavy atom. The molecule has 1 N–H and O–H groups in total. The fraction of sp³-hybridized carbons (Fsp3) is 0.455. The lowest BCUT2D eigenvalue weighted by atomic mass is 10.1. The molecule has 1 aliphatic rings. The van der Waals surface area contributed by atoms with Crippen molar-refractivity contribution in [3.63, 3.8) is 0 Å². The van der Waals surface area contributed by atoms with Gasteiger partial charge in [0, 0.05) is 31.3 Å². The number of benzene rings is 1. The molecule has 8 heteroatoms. The van der Waals surface area contributed by atoms with Crippen LogP contribution < -0.4 is 0 Å². The van der Waals surface area contributed by atoms with Crippen LogP contribution in [0.15, 0.2) is 18.2 Å². The Bertz CT molecular complexity index is 519. The van der Waals surface area contributed by atoms with Gasteiger partial charge in [-0.1, -0.05) is 0 Å². The Morgan fingerprint density at radius 3 is 2.58 bits per heavy atom. The minimum absolute atomic E-state index is 0.254. The van der Waals surface area contributed by atoms with Crippen LogP contribution in [-0.2, 0) is 6.54 Å². The Labute approximate surface area is 108 Å². The number of likely N-dealkylation sites (tertiary alicyclic amines) is 1. The Morgan fingerprint density at radius 2 is 2.05 bits per heavy atom. The second kappa shape index (κ2) is 5.29. The molecule has 1 aliphatic heterocycles. The third-order valence-corrected chi connectivity index (χ3v) is 3.12. The standard InChI is InChI=1S/C11H13N3O5/c15-10-3-4-12(7-10)6-8-1-2-9(13(16)17)5-11(8)14(18)19/h1-2,5,10,15H,3-4,6-7H2/t10-/m0/s1. The molecule has 2 rings (SSSR count). The van der Waals surface area contributed by atoms with Crippen molar-refractivity contribution in [2.24, 2.45) is 0 Å². The second-order valence-corrected chi connectivity index (χ2v) is 4.50. The van der Waals surface area contributed by atoms with Gasteiger partial charge in [0.1, 0.15) is 0 Å². The topological polar surface area (TPSA) is 110 Å². The van der Waals surface area contributed by atoms with Gasteiger partial charge in [-0.25, -0.2) is 0 Å². The van der Waals surface area contributed by atoms with E-state index >= 15 is 0 Å². The first-order valence-electron chi connectivity index (χ1n) is 5.79. The number of aliphatic hydroxyl groups excluding tert-OH is 1. The summed E-state index contributed by atoms with van der Waals surface area (Å²) in [5.41, 5.74) is -0.128. The van der Waals surface area contributed by atoms with E-state index in [1.807, 2.05) is 4.90 Å². The number of hydrogen-bond donors (Lipinski definition) is 1. The highest BCUT2D eigenvalue weighted by Gasteiger charge is 2.25. The zero-order valence-corrected chi connectivity index (χ0v) is 10.1. The van der Waals surface area contributed by atoms with Crippen LogP contribution in [0.1, 0.15) is 12.0 Å². The van der Waals surface area contributed by atoms with E-state index in [0.29, 0.717) is 31.6 Å². The summed E-state index contributed by atoms with van der Waals surface area (Å²) in [5.74, 6) is 0. The summed E-state index contributed by atoms with van der Waals surface area (Å²) in [7, 11) is 0. The smallest absolute Gasteiger partial charge is 0.280 e. The minimum atomic E-state index is -0.656. The molecule has 8 nitrogen and oxygen atoms in total. The van der Waals surface area contributed by atoms with E-state index in [2.05, 4.69) is 0 Å². The molecule has 1 atom stereocenters. The molecule has 19 heavy (non-hydrogen) atoms. The van der Waals surface area contributed by atoms with E-state index in [1.54, 1.807) is 0 Å². The average molecular weight is 267 g/mol. The zero-order valence-electron chi connectivity index (χ0n) is 10.1. The van der Waals surface area contributed by atoms with Crippen molar-refractivity contribution in [1.82, 2.24) is 4.90 Å². The summed E-state index contributed by atoms with van der Waals surface area (Å²) in [6, 6.07) is 3.64. The molecule has 0 unspecified atom stereocenters. The molecule has 0 amide bonds. The lowest BCUT2D eigenvalue weighted by Gasteiger charge is -2.14. The summed E-state index contributed by atoms with van der Waals surface area (Å²) in [4.78, 5) is 22.2. The monoisotopic (exact) mass is 267 g/mol. The van der Waals surface area contributed by atoms with Crippen molar-refractivity contribution in [2.75, 3.05) is 13.1 Å². The van der Waals surface area contributed by atoms with Gasteiger partial charge in [0.25, 0.3) is 11.4 Å². The molecule has 0 aliphatic carbocycles. The summed E-state index contributed by atoms with van der Waals surface area (Å²) < 4.78 is 0. The van der Waals surface area contributed by atoms with E-state index in [-0.39, 0.29) is 11.4 Å². The summed E-state index contributed by atoms with van der Waals surface area (Å²) in [5, 5.41) is 31.0. The predicted octanol–water partition coefficient (Wildman–Crippen LogP) is 1.07. The molecule has 0 aromatic heterocycles. The summed E-state index contributed by atoms with van der Waals surface area (Å²) in [6.45, 7) is 1.44. The maximum absolute atomic E-state index is 10.9. The highest BCUT2D eigenvalue weighted by atomic mass is 16.6. The van der Waals surface area contributed by atoms with Crippen molar-refractivity contribution < 1.29 is 15.0 Å². The van der Waals surface area contributed by atoms with Crippen molar-refractivity contribution in [1.29, 1.82) is 0 Å². The van der Waals surface area contributed by atoms with Gasteiger partial charge in [-0.15, -0.1) is 0 Å². The molecule has 1 saturated heterocycles. The third-order valence-electron chi connectivity index (χ3n) is 3.12. The van der Waals surface area contributed by atoms with Gasteiger partial charge >= 0.3 is 0 Å². The Hall–Kier alpha value is -2.06. The Balaban J connectivity index is 2.24. The molecule has 1 aromatic rings. The van der Waals surface area contributed by atoms with Crippen LogP contribution in [0.2, 0.25) is 0 Å². The number of hydrogen-bond acceptors (Lipinski definition) is 6. The number of rotatable bonds is 4. The second-order valence-electron chi connectivity index (χ2n) is 4.50. The third kappa shape index (κ3) is 3.04. The van der Waals surface area contributed by atoms with Crippen molar-refractivity contribution in [3.8, 4) is 0 Å². The molecule has 1 fully saturated rings. The lowest BCUT2D eigenvalue weighted by Crippen LogP contribution is -2.22. The number of nitro benzene ring substituents is 2. The highest BCUT2D eigenvalue weighted by Crippen LogP contribution is 2.26. The number of aliphatic hydroxyl groups is 1. The summed E-state index contributed by atoms with van der Waals surface area (Å²) in [6.07, 6.45) is 0.234. The number of β-amino-alcohol motifs (C(OH)–C–C–N with tert-alkyl or cyclic N) is 1. The molecule has 1 heterocycles. The van der Waals surface area contributed by atoms with Crippen LogP contribution in [-0.4, -0.2) is 39.0 Å². The average Bonchev–Trinajstić information content (AvgIpc) is 2.74. The fourth-order valence-corrected chi connectivity index (χ4v) is 2.17. The van der Waals surface area contributed by atoms with E-state index in [1.165, 1.54) is 12.1 Å². The largest absolute Gasteiger partial charge is 0.392 e. The SMILES string of the molecule is O=[N+]([O-])c1ccc(CN2CC[C@H](O)C2)c([N+](=O)[O-])c1. The van der Waals surface area contributed by atoms with Crippen LogP contribution in [0.5, 0.6) is 0 Å². The molecule has 1 aromatic carbocycles. The van der Waals surface area contributed by atoms with Crippen molar-refractivity contribution >= 4 is 11.4 Å². The van der Waals surface area contributed by atoms with Crippen LogP contribution in [0, 0.1) is 20.2 Å². The van der Waals surface area contributed by atoms with Gasteiger partial charge in [0.2, 0.25) is 0 Å². The lowest BCUT2D eigenvalue weighted by molar-refractivity contribution is -0.394. The van der Waals surface area contributed by atoms with Gasteiger partial charge in [0.15, 0.2) is 0 Å². The zero-order chi connectivity index (χ0) is 14.0. The molecule has 0 saturated carbocycles. The van der Waals surface area contributed by atoms with Gasteiger partial charge in [-0.3, -0.25) is 25.1 Å². The van der Waals surface area contributed by atoms with Gasteiger partial charge < -0.3 is 5.11 Å². The van der Waals surface area contributed by atoms with Crippen LogP contribution in [0.25, 0.3) is 0 Å². The van der Waals surface area contributed by atoms with E-state index < -0.39 is 16.0 Å².